The van der Waals surface area contributed by atoms with Gasteiger partial charge in [-0.15, -0.1) is 0 Å². The number of benzene rings is 1. The fourth-order valence-electron chi connectivity index (χ4n) is 2.17. The first-order valence-electron chi connectivity index (χ1n) is 5.81. The summed E-state index contributed by atoms with van der Waals surface area (Å²) >= 11 is 5.96. The Labute approximate surface area is 111 Å². The number of anilines is 1. The molecule has 0 aromatic heterocycles. The Morgan fingerprint density at radius 3 is 2.83 bits per heavy atom. The highest BCUT2D eigenvalue weighted by molar-refractivity contribution is 6.31. The topological polar surface area (TPSA) is 49.8 Å². The summed E-state index contributed by atoms with van der Waals surface area (Å²) in [6.45, 7) is 5.88. The number of nitrogens with zero attached hydrogens (tertiary/aromatic N) is 1. The number of aromatic carboxylic acids is 1. The Kier molecular flexibility index (Phi) is 3.50. The van der Waals surface area contributed by atoms with Crippen LogP contribution in [0.3, 0.4) is 0 Å². The molecule has 0 unspecified atom stereocenters. The quantitative estimate of drug-likeness (QED) is 0.897. The third-order valence-corrected chi connectivity index (χ3v) is 3.19. The van der Waals surface area contributed by atoms with Gasteiger partial charge >= 0.3 is 5.97 Å². The van der Waals surface area contributed by atoms with E-state index in [2.05, 4.69) is 0 Å². The van der Waals surface area contributed by atoms with Gasteiger partial charge in [-0.1, -0.05) is 11.6 Å². The number of carboxylic acid groups (broad SMARTS) is 1. The van der Waals surface area contributed by atoms with Crippen molar-refractivity contribution in [3.8, 4) is 0 Å². The van der Waals surface area contributed by atoms with Crippen LogP contribution >= 0.6 is 11.6 Å². The van der Waals surface area contributed by atoms with Crippen molar-refractivity contribution in [1.29, 1.82) is 0 Å². The minimum Gasteiger partial charge on any atom is -0.478 e. The number of hydrogen-bond donors (Lipinski definition) is 1. The van der Waals surface area contributed by atoms with Crippen LogP contribution in [0.5, 0.6) is 0 Å². The molecule has 1 aliphatic heterocycles. The first-order chi connectivity index (χ1) is 8.39. The van der Waals surface area contributed by atoms with Crippen LogP contribution < -0.4 is 4.90 Å². The molecule has 0 aliphatic carbocycles. The summed E-state index contributed by atoms with van der Waals surface area (Å²) in [4.78, 5) is 13.2. The van der Waals surface area contributed by atoms with Crippen LogP contribution in [0.25, 0.3) is 0 Å². The first kappa shape index (κ1) is 13.2. The molecule has 1 fully saturated rings. The van der Waals surface area contributed by atoms with E-state index in [9.17, 15) is 9.90 Å². The predicted octanol–water partition coefficient (Wildman–Crippen LogP) is 2.65. The zero-order valence-electron chi connectivity index (χ0n) is 10.4. The van der Waals surface area contributed by atoms with Crippen LogP contribution in [0.1, 0.15) is 24.2 Å². The van der Waals surface area contributed by atoms with Crippen LogP contribution in [0.2, 0.25) is 5.02 Å². The number of rotatable bonds is 2. The second-order valence-corrected chi connectivity index (χ2v) is 5.43. The zero-order valence-corrected chi connectivity index (χ0v) is 11.2. The SMILES string of the molecule is CC1(C)CN(c2cc(Cl)ccc2C(=O)O)CCO1. The van der Waals surface area contributed by atoms with Crippen LogP contribution in [0, 0.1) is 0 Å². The lowest BCUT2D eigenvalue weighted by Gasteiger charge is -2.40. The van der Waals surface area contributed by atoms with Gasteiger partial charge in [0.2, 0.25) is 0 Å². The fraction of sp³-hybridized carbons (Fsp3) is 0.462. The Hall–Kier alpha value is -1.26. The van der Waals surface area contributed by atoms with Crippen molar-refractivity contribution in [3.63, 3.8) is 0 Å². The van der Waals surface area contributed by atoms with E-state index in [1.54, 1.807) is 18.2 Å². The molecule has 0 radical (unpaired) electrons. The van der Waals surface area contributed by atoms with E-state index in [-0.39, 0.29) is 11.2 Å². The van der Waals surface area contributed by atoms with Gasteiger partial charge in [0.1, 0.15) is 0 Å². The van der Waals surface area contributed by atoms with Crippen molar-refractivity contribution in [1.82, 2.24) is 0 Å². The zero-order chi connectivity index (χ0) is 13.3. The lowest BCUT2D eigenvalue weighted by atomic mass is 10.1. The van der Waals surface area contributed by atoms with Gasteiger partial charge in [-0.3, -0.25) is 0 Å². The molecule has 1 N–H and O–H groups in total. The van der Waals surface area contributed by atoms with Crippen molar-refractivity contribution < 1.29 is 14.6 Å². The summed E-state index contributed by atoms with van der Waals surface area (Å²) in [5.41, 5.74) is 0.652. The molecule has 0 atom stereocenters. The molecule has 18 heavy (non-hydrogen) atoms. The van der Waals surface area contributed by atoms with E-state index in [1.165, 1.54) is 0 Å². The maximum absolute atomic E-state index is 11.2. The Morgan fingerprint density at radius 2 is 2.22 bits per heavy atom. The Balaban J connectivity index is 2.37. The molecule has 1 aliphatic rings. The lowest BCUT2D eigenvalue weighted by Crippen LogP contribution is -2.48. The standard InChI is InChI=1S/C13H16ClNO3/c1-13(2)8-15(5-6-18-13)11-7-9(14)3-4-10(11)12(16)17/h3-4,7H,5-6,8H2,1-2H3,(H,16,17). The number of morpholine rings is 1. The molecule has 2 rings (SSSR count). The van der Waals surface area contributed by atoms with Gasteiger partial charge < -0.3 is 14.7 Å². The van der Waals surface area contributed by atoms with E-state index in [1.807, 2.05) is 18.7 Å². The molecule has 0 bridgehead atoms. The average Bonchev–Trinajstić information content (AvgIpc) is 2.27. The molecule has 4 nitrogen and oxygen atoms in total. The summed E-state index contributed by atoms with van der Waals surface area (Å²) in [6, 6.07) is 4.84. The van der Waals surface area contributed by atoms with Crippen LogP contribution in [0.4, 0.5) is 5.69 Å². The number of ether oxygens (including phenoxy) is 1. The van der Waals surface area contributed by atoms with Gasteiger partial charge in [0.05, 0.1) is 23.5 Å². The van der Waals surface area contributed by atoms with E-state index >= 15 is 0 Å². The van der Waals surface area contributed by atoms with Gasteiger partial charge in [-0.05, 0) is 32.0 Å². The molecule has 0 spiro atoms. The van der Waals surface area contributed by atoms with Gasteiger partial charge in [0.25, 0.3) is 0 Å². The highest BCUT2D eigenvalue weighted by Crippen LogP contribution is 2.29. The van der Waals surface area contributed by atoms with Crippen LogP contribution in [0.15, 0.2) is 18.2 Å². The van der Waals surface area contributed by atoms with E-state index in [4.69, 9.17) is 16.3 Å². The summed E-state index contributed by atoms with van der Waals surface area (Å²) in [7, 11) is 0. The fourth-order valence-corrected chi connectivity index (χ4v) is 2.34. The molecule has 1 saturated heterocycles. The second-order valence-electron chi connectivity index (χ2n) is 5.00. The molecule has 98 valence electrons. The molecule has 1 aromatic rings. The summed E-state index contributed by atoms with van der Waals surface area (Å²) in [5.74, 6) is -0.939. The molecule has 0 saturated carbocycles. The first-order valence-corrected chi connectivity index (χ1v) is 6.19. The predicted molar refractivity (Wildman–Crippen MR) is 70.7 cm³/mol. The Morgan fingerprint density at radius 1 is 1.50 bits per heavy atom. The molecule has 0 amide bonds. The largest absolute Gasteiger partial charge is 0.478 e. The van der Waals surface area contributed by atoms with Crippen molar-refractivity contribution >= 4 is 23.3 Å². The van der Waals surface area contributed by atoms with Crippen molar-refractivity contribution in [3.05, 3.63) is 28.8 Å². The average molecular weight is 270 g/mol. The smallest absolute Gasteiger partial charge is 0.337 e. The second kappa shape index (κ2) is 4.78. The molecular weight excluding hydrogens is 254 g/mol. The van der Waals surface area contributed by atoms with Crippen LogP contribution in [-0.4, -0.2) is 36.4 Å². The van der Waals surface area contributed by atoms with Gasteiger partial charge in [0.15, 0.2) is 0 Å². The summed E-state index contributed by atoms with van der Waals surface area (Å²) < 4.78 is 5.63. The number of carboxylic acids is 1. The van der Waals surface area contributed by atoms with Crippen molar-refractivity contribution in [2.75, 3.05) is 24.6 Å². The lowest BCUT2D eigenvalue weighted by molar-refractivity contribution is -0.0277. The van der Waals surface area contributed by atoms with Gasteiger partial charge in [0, 0.05) is 18.1 Å². The van der Waals surface area contributed by atoms with Crippen LogP contribution in [-0.2, 0) is 4.74 Å². The minimum atomic E-state index is -0.939. The maximum Gasteiger partial charge on any atom is 0.337 e. The molecular formula is C13H16ClNO3. The molecule has 5 heteroatoms. The minimum absolute atomic E-state index is 0.275. The van der Waals surface area contributed by atoms with Crippen molar-refractivity contribution in [2.45, 2.75) is 19.4 Å². The van der Waals surface area contributed by atoms with E-state index < -0.39 is 5.97 Å². The highest BCUT2D eigenvalue weighted by atomic mass is 35.5. The van der Waals surface area contributed by atoms with Crippen molar-refractivity contribution in [2.24, 2.45) is 0 Å². The number of hydrogen-bond acceptors (Lipinski definition) is 3. The monoisotopic (exact) mass is 269 g/mol. The summed E-state index contributed by atoms with van der Waals surface area (Å²) in [5, 5.41) is 9.76. The number of halogens is 1. The highest BCUT2D eigenvalue weighted by Gasteiger charge is 2.29. The maximum atomic E-state index is 11.2. The third kappa shape index (κ3) is 2.76. The van der Waals surface area contributed by atoms with Gasteiger partial charge in [-0.2, -0.15) is 0 Å². The van der Waals surface area contributed by atoms with E-state index in [0.717, 1.165) is 0 Å². The van der Waals surface area contributed by atoms with E-state index in [0.29, 0.717) is 30.4 Å². The van der Waals surface area contributed by atoms with Gasteiger partial charge in [-0.25, -0.2) is 4.79 Å². The number of carbonyl (C=O) groups is 1. The Bertz CT molecular complexity index is 473. The normalized spacial score (nSPS) is 18.7. The molecule has 1 aromatic carbocycles. The molecule has 1 heterocycles. The summed E-state index contributed by atoms with van der Waals surface area (Å²) in [6.07, 6.45) is 0. The third-order valence-electron chi connectivity index (χ3n) is 2.96.